The summed E-state index contributed by atoms with van der Waals surface area (Å²) >= 11 is -0.742. The Balaban J connectivity index is 2.28. The first-order valence-corrected chi connectivity index (χ1v) is 9.06. The minimum atomic E-state index is -0.742. The molecule has 1 heterocycles. The van der Waals surface area contributed by atoms with Crippen LogP contribution in [-0.4, -0.2) is 31.1 Å². The molecule has 0 N–H and O–H groups in total. The van der Waals surface area contributed by atoms with Gasteiger partial charge in [-0.15, -0.1) is 0 Å². The van der Waals surface area contributed by atoms with E-state index in [1.165, 1.54) is 21.1 Å². The van der Waals surface area contributed by atoms with Crippen LogP contribution in [-0.2, 0) is 0 Å². The molecule has 0 spiro atoms. The van der Waals surface area contributed by atoms with Gasteiger partial charge in [0.2, 0.25) is 0 Å². The predicted molar refractivity (Wildman–Crippen MR) is 49.9 cm³/mol. The van der Waals surface area contributed by atoms with Crippen molar-refractivity contribution < 1.29 is 0 Å². The van der Waals surface area contributed by atoms with E-state index in [9.17, 15) is 0 Å². The Morgan fingerprint density at radius 1 is 1.36 bits per heavy atom. The molecule has 0 aromatic carbocycles. The summed E-state index contributed by atoms with van der Waals surface area (Å²) in [4.78, 5) is 8.47. The van der Waals surface area contributed by atoms with Crippen molar-refractivity contribution in [3.8, 4) is 0 Å². The Morgan fingerprint density at radius 3 is 2.73 bits per heavy atom. The van der Waals surface area contributed by atoms with E-state index in [4.69, 9.17) is 0 Å². The van der Waals surface area contributed by atoms with Crippen LogP contribution in [0, 0.1) is 0 Å². The van der Waals surface area contributed by atoms with Gasteiger partial charge in [-0.25, -0.2) is 0 Å². The van der Waals surface area contributed by atoms with E-state index in [2.05, 4.69) is 16.9 Å². The molecular weight excluding hydrogens is 243 g/mol. The molecule has 1 aromatic rings. The predicted octanol–water partition coefficient (Wildman–Crippen LogP) is 0.489. The Bertz CT molecular complexity index is 189. The fourth-order valence-corrected chi connectivity index (χ4v) is 5.37. The van der Waals surface area contributed by atoms with E-state index >= 15 is 0 Å². The van der Waals surface area contributed by atoms with Gasteiger partial charge in [-0.1, -0.05) is 0 Å². The van der Waals surface area contributed by atoms with Gasteiger partial charge in [0.25, 0.3) is 0 Å². The minimum absolute atomic E-state index is 0.742. The molecule has 0 radical (unpaired) electrons. The van der Waals surface area contributed by atoms with E-state index in [1.807, 2.05) is 18.5 Å². The molecule has 0 fully saturated rings. The third-order valence-electron chi connectivity index (χ3n) is 1.62. The Labute approximate surface area is 77.7 Å². The van der Waals surface area contributed by atoms with Gasteiger partial charge < -0.3 is 0 Å². The number of aromatic nitrogens is 2. The summed E-state index contributed by atoms with van der Waals surface area (Å²) in [7, 11) is 0. The molecule has 1 rings (SSSR count). The topological polar surface area (TPSA) is 25.8 Å². The van der Waals surface area contributed by atoms with Crippen LogP contribution in [0.2, 0.25) is 4.44 Å². The van der Waals surface area contributed by atoms with Crippen LogP contribution in [0.25, 0.3) is 0 Å². The molecule has 60 valence electrons. The normalized spacial score (nSPS) is 11.0. The molecule has 0 aliphatic rings. The number of unbranched alkanes of at least 4 members (excludes halogenated alkanes) is 1. The van der Waals surface area contributed by atoms with Crippen LogP contribution in [0.3, 0.4) is 0 Å². The molecule has 0 aliphatic heterocycles. The van der Waals surface area contributed by atoms with Gasteiger partial charge in [0.15, 0.2) is 0 Å². The first-order valence-electron chi connectivity index (χ1n) is 4.19. The van der Waals surface area contributed by atoms with E-state index in [-0.39, 0.29) is 0 Å². The van der Waals surface area contributed by atoms with Crippen molar-refractivity contribution in [2.24, 2.45) is 0 Å². The molecule has 1 aromatic heterocycles. The van der Waals surface area contributed by atoms with E-state index in [1.54, 1.807) is 0 Å². The van der Waals surface area contributed by atoms with E-state index in [0.717, 1.165) is 0 Å². The second kappa shape index (κ2) is 5.52. The number of hydrogen-bond donors (Lipinski definition) is 0. The number of rotatable bonds is 4. The average molecular weight is 257 g/mol. The Hall–Kier alpha value is -0.121. The molecule has 0 bridgehead atoms. The molecule has 0 saturated heterocycles. The van der Waals surface area contributed by atoms with E-state index < -0.39 is 21.1 Å². The van der Waals surface area contributed by atoms with Crippen LogP contribution in [0.15, 0.2) is 18.5 Å². The third-order valence-corrected chi connectivity index (χ3v) is 6.38. The third kappa shape index (κ3) is 3.70. The molecule has 2 nitrogen and oxygen atoms in total. The maximum absolute atomic E-state index is 4.23. The van der Waals surface area contributed by atoms with Gasteiger partial charge in [-0.05, 0) is 0 Å². The number of hydrogen-bond acceptors (Lipinski definition) is 2. The summed E-state index contributed by atoms with van der Waals surface area (Å²) in [6.45, 7) is 2.23. The summed E-state index contributed by atoms with van der Waals surface area (Å²) < 4.78 is 2.60. The zero-order chi connectivity index (χ0) is 7.94. The van der Waals surface area contributed by atoms with Crippen molar-refractivity contribution in [3.05, 3.63) is 18.5 Å². The first kappa shape index (κ1) is 8.97. The molecular formula is C8H14N2Sn. The van der Waals surface area contributed by atoms with Crippen molar-refractivity contribution in [3.63, 3.8) is 0 Å². The summed E-state index contributed by atoms with van der Waals surface area (Å²) in [5, 5.41) is 0. The van der Waals surface area contributed by atoms with Crippen LogP contribution in [0.5, 0.6) is 0 Å². The summed E-state index contributed by atoms with van der Waals surface area (Å²) in [6.07, 6.45) is 6.38. The summed E-state index contributed by atoms with van der Waals surface area (Å²) in [5.74, 6) is 0. The zero-order valence-electron chi connectivity index (χ0n) is 6.95. The van der Waals surface area contributed by atoms with Crippen molar-refractivity contribution in [2.75, 3.05) is 0 Å². The Kier molecular flexibility index (Phi) is 4.50. The monoisotopic (exact) mass is 258 g/mol. The van der Waals surface area contributed by atoms with Crippen LogP contribution in [0.1, 0.15) is 19.8 Å². The molecule has 0 amide bonds. The van der Waals surface area contributed by atoms with Gasteiger partial charge in [-0.2, -0.15) is 0 Å². The van der Waals surface area contributed by atoms with Gasteiger partial charge in [0.1, 0.15) is 0 Å². The van der Waals surface area contributed by atoms with Crippen molar-refractivity contribution in [2.45, 2.75) is 24.2 Å². The Morgan fingerprint density at radius 2 is 2.09 bits per heavy atom. The molecule has 0 aliphatic carbocycles. The van der Waals surface area contributed by atoms with Gasteiger partial charge in [0, 0.05) is 0 Å². The van der Waals surface area contributed by atoms with Crippen LogP contribution in [0.4, 0.5) is 0 Å². The quantitative estimate of drug-likeness (QED) is 0.579. The molecule has 0 saturated carbocycles. The van der Waals surface area contributed by atoms with Crippen LogP contribution >= 0.6 is 0 Å². The SMILES string of the molecule is CCC[CH2][SnH2][c]1ncccn1. The fourth-order valence-electron chi connectivity index (χ4n) is 0.992. The van der Waals surface area contributed by atoms with Crippen molar-refractivity contribution in [1.82, 2.24) is 9.97 Å². The molecule has 0 unspecified atom stereocenters. The van der Waals surface area contributed by atoms with Crippen LogP contribution < -0.4 is 3.84 Å². The van der Waals surface area contributed by atoms with Gasteiger partial charge in [-0.3, -0.25) is 0 Å². The van der Waals surface area contributed by atoms with Gasteiger partial charge >= 0.3 is 77.6 Å². The molecule has 3 heteroatoms. The summed E-state index contributed by atoms with van der Waals surface area (Å²) in [5.41, 5.74) is 0. The fraction of sp³-hybridized carbons (Fsp3) is 0.500. The summed E-state index contributed by atoms with van der Waals surface area (Å²) in [6, 6.07) is 1.88. The molecule has 11 heavy (non-hydrogen) atoms. The standard InChI is InChI=1S/C4H3N2.C4H9.Sn.2H/c1-2-5-4-6-3-1;1-3-4-2;;;/h1-3H;1,3-4H2,2H3;;;. The maximum atomic E-state index is 4.23. The average Bonchev–Trinajstić information content (AvgIpc) is 2.07. The second-order valence-corrected chi connectivity index (χ2v) is 7.87. The second-order valence-electron chi connectivity index (χ2n) is 2.62. The van der Waals surface area contributed by atoms with Gasteiger partial charge in [0.05, 0.1) is 0 Å². The van der Waals surface area contributed by atoms with Crippen molar-refractivity contribution >= 4 is 25.0 Å². The first-order chi connectivity index (χ1) is 5.43. The molecule has 0 atom stereocenters. The number of nitrogens with zero attached hydrogens (tertiary/aromatic N) is 2. The zero-order valence-corrected chi connectivity index (χ0v) is 11.0. The van der Waals surface area contributed by atoms with E-state index in [0.29, 0.717) is 0 Å². The van der Waals surface area contributed by atoms with Crippen molar-refractivity contribution in [1.29, 1.82) is 0 Å².